The molecule has 0 aliphatic rings. The van der Waals surface area contributed by atoms with Crippen LogP contribution in [0, 0.1) is 0 Å². The molecule has 2 aromatic rings. The van der Waals surface area contributed by atoms with E-state index in [1.54, 1.807) is 0 Å². The molecule has 0 bridgehead atoms. The Hall–Kier alpha value is -1.48. The summed E-state index contributed by atoms with van der Waals surface area (Å²) in [6.45, 7) is 2.59. The normalized spacial score (nSPS) is 10.1. The van der Waals surface area contributed by atoms with Crippen LogP contribution in [0.4, 0.5) is 0 Å². The highest BCUT2D eigenvalue weighted by atomic mass is 79.9. The second-order valence-electron chi connectivity index (χ2n) is 3.76. The summed E-state index contributed by atoms with van der Waals surface area (Å²) in [5.41, 5.74) is 1.16. The highest BCUT2D eigenvalue weighted by Gasteiger charge is 2.07. The van der Waals surface area contributed by atoms with E-state index < -0.39 is 0 Å². The standard InChI is InChI=1S/C15H15BrO2/c1-2-17-14-9-8-12(11-16)10-15(14)18-13-6-4-3-5-7-13/h3-10H,2,11H2,1H3. The molecule has 2 rings (SSSR count). The molecular formula is C15H15BrO2. The van der Waals surface area contributed by atoms with Crippen molar-refractivity contribution < 1.29 is 9.47 Å². The summed E-state index contributed by atoms with van der Waals surface area (Å²) in [5.74, 6) is 2.33. The van der Waals surface area contributed by atoms with Gasteiger partial charge in [0.25, 0.3) is 0 Å². The van der Waals surface area contributed by atoms with Gasteiger partial charge in [-0.3, -0.25) is 0 Å². The van der Waals surface area contributed by atoms with Crippen molar-refractivity contribution in [2.45, 2.75) is 12.3 Å². The van der Waals surface area contributed by atoms with Crippen LogP contribution in [0.2, 0.25) is 0 Å². The molecule has 3 heteroatoms. The first-order valence-electron chi connectivity index (χ1n) is 5.88. The van der Waals surface area contributed by atoms with Crippen molar-refractivity contribution in [1.82, 2.24) is 0 Å². The summed E-state index contributed by atoms with van der Waals surface area (Å²) < 4.78 is 11.4. The lowest BCUT2D eigenvalue weighted by atomic mass is 10.2. The summed E-state index contributed by atoms with van der Waals surface area (Å²) in [4.78, 5) is 0. The molecule has 0 aliphatic carbocycles. The van der Waals surface area contributed by atoms with Crippen molar-refractivity contribution in [2.24, 2.45) is 0 Å². The average molecular weight is 307 g/mol. The van der Waals surface area contributed by atoms with Crippen LogP contribution in [0.1, 0.15) is 12.5 Å². The third-order valence-corrected chi connectivity index (χ3v) is 3.08. The second-order valence-corrected chi connectivity index (χ2v) is 4.32. The quantitative estimate of drug-likeness (QED) is 0.741. The topological polar surface area (TPSA) is 18.5 Å². The van der Waals surface area contributed by atoms with Crippen LogP contribution in [0.5, 0.6) is 17.2 Å². The van der Waals surface area contributed by atoms with Gasteiger partial charge in [0, 0.05) is 5.33 Å². The Morgan fingerprint density at radius 3 is 2.44 bits per heavy atom. The maximum atomic E-state index is 5.86. The van der Waals surface area contributed by atoms with Crippen LogP contribution < -0.4 is 9.47 Å². The van der Waals surface area contributed by atoms with Gasteiger partial charge in [-0.2, -0.15) is 0 Å². The lowest BCUT2D eigenvalue weighted by Crippen LogP contribution is -1.95. The van der Waals surface area contributed by atoms with E-state index in [9.17, 15) is 0 Å². The zero-order valence-corrected chi connectivity index (χ0v) is 11.8. The maximum absolute atomic E-state index is 5.86. The minimum Gasteiger partial charge on any atom is -0.490 e. The van der Waals surface area contributed by atoms with Crippen molar-refractivity contribution in [1.29, 1.82) is 0 Å². The molecule has 2 aromatic carbocycles. The highest BCUT2D eigenvalue weighted by Crippen LogP contribution is 2.33. The molecule has 0 amide bonds. The number of alkyl halides is 1. The first-order valence-corrected chi connectivity index (χ1v) is 7.00. The summed E-state index contributed by atoms with van der Waals surface area (Å²) in [6.07, 6.45) is 0. The van der Waals surface area contributed by atoms with Gasteiger partial charge in [0.1, 0.15) is 5.75 Å². The molecule has 0 heterocycles. The van der Waals surface area contributed by atoms with Gasteiger partial charge in [0.15, 0.2) is 11.5 Å². The van der Waals surface area contributed by atoms with E-state index in [0.717, 1.165) is 28.1 Å². The Morgan fingerprint density at radius 1 is 1.00 bits per heavy atom. The van der Waals surface area contributed by atoms with Gasteiger partial charge < -0.3 is 9.47 Å². The molecule has 0 atom stereocenters. The van der Waals surface area contributed by atoms with Crippen LogP contribution in [0.25, 0.3) is 0 Å². The Morgan fingerprint density at radius 2 is 1.78 bits per heavy atom. The van der Waals surface area contributed by atoms with Gasteiger partial charge in [-0.25, -0.2) is 0 Å². The third kappa shape index (κ3) is 3.26. The van der Waals surface area contributed by atoms with Crippen LogP contribution in [0.15, 0.2) is 48.5 Å². The first-order chi connectivity index (χ1) is 8.83. The number of hydrogen-bond donors (Lipinski definition) is 0. The van der Waals surface area contributed by atoms with Crippen molar-refractivity contribution in [3.8, 4) is 17.2 Å². The molecule has 0 spiro atoms. The lowest BCUT2D eigenvalue weighted by molar-refractivity contribution is 0.321. The van der Waals surface area contributed by atoms with Crippen molar-refractivity contribution in [3.63, 3.8) is 0 Å². The van der Waals surface area contributed by atoms with Crippen molar-refractivity contribution >= 4 is 15.9 Å². The molecular weight excluding hydrogens is 292 g/mol. The number of para-hydroxylation sites is 1. The molecule has 0 saturated heterocycles. The van der Waals surface area contributed by atoms with Gasteiger partial charge >= 0.3 is 0 Å². The minimum absolute atomic E-state index is 0.624. The predicted octanol–water partition coefficient (Wildman–Crippen LogP) is 4.77. The van der Waals surface area contributed by atoms with E-state index in [-0.39, 0.29) is 0 Å². The van der Waals surface area contributed by atoms with Crippen molar-refractivity contribution in [2.75, 3.05) is 6.61 Å². The third-order valence-electron chi connectivity index (χ3n) is 2.43. The van der Waals surface area contributed by atoms with E-state index in [4.69, 9.17) is 9.47 Å². The van der Waals surface area contributed by atoms with E-state index in [1.165, 1.54) is 0 Å². The Balaban J connectivity index is 2.28. The molecule has 0 aliphatic heterocycles. The predicted molar refractivity (Wildman–Crippen MR) is 76.8 cm³/mol. The van der Waals surface area contributed by atoms with Crippen molar-refractivity contribution in [3.05, 3.63) is 54.1 Å². The SMILES string of the molecule is CCOc1ccc(CBr)cc1Oc1ccccc1. The molecule has 0 radical (unpaired) electrons. The fourth-order valence-electron chi connectivity index (χ4n) is 1.61. The van der Waals surface area contributed by atoms with Gasteiger partial charge in [0.05, 0.1) is 6.61 Å². The number of hydrogen-bond acceptors (Lipinski definition) is 2. The fraction of sp³-hybridized carbons (Fsp3) is 0.200. The van der Waals surface area contributed by atoms with E-state index in [1.807, 2.05) is 55.5 Å². The van der Waals surface area contributed by atoms with Crippen LogP contribution in [-0.4, -0.2) is 6.61 Å². The summed E-state index contributed by atoms with van der Waals surface area (Å²) in [7, 11) is 0. The zero-order chi connectivity index (χ0) is 12.8. The number of rotatable bonds is 5. The van der Waals surface area contributed by atoms with Crippen LogP contribution in [0.3, 0.4) is 0 Å². The monoisotopic (exact) mass is 306 g/mol. The molecule has 0 aromatic heterocycles. The zero-order valence-electron chi connectivity index (χ0n) is 10.2. The van der Waals surface area contributed by atoms with Gasteiger partial charge in [-0.05, 0) is 36.8 Å². The molecule has 0 fully saturated rings. The molecule has 0 unspecified atom stereocenters. The molecule has 0 N–H and O–H groups in total. The second kappa shape index (κ2) is 6.45. The Bertz CT molecular complexity index is 497. The van der Waals surface area contributed by atoms with Crippen LogP contribution >= 0.6 is 15.9 Å². The molecule has 94 valence electrons. The smallest absolute Gasteiger partial charge is 0.169 e. The van der Waals surface area contributed by atoms with Gasteiger partial charge in [-0.15, -0.1) is 0 Å². The van der Waals surface area contributed by atoms with E-state index in [0.29, 0.717) is 6.61 Å². The molecule has 0 saturated carbocycles. The van der Waals surface area contributed by atoms with Gasteiger partial charge in [0.2, 0.25) is 0 Å². The lowest BCUT2D eigenvalue weighted by Gasteiger charge is -2.12. The van der Waals surface area contributed by atoms with Crippen LogP contribution in [-0.2, 0) is 5.33 Å². The number of ether oxygens (including phenoxy) is 2. The largest absolute Gasteiger partial charge is 0.490 e. The summed E-state index contributed by atoms with van der Waals surface area (Å²) >= 11 is 3.44. The fourth-order valence-corrected chi connectivity index (χ4v) is 1.95. The molecule has 2 nitrogen and oxygen atoms in total. The van der Waals surface area contributed by atoms with E-state index in [2.05, 4.69) is 15.9 Å². The first kappa shape index (κ1) is 13.0. The average Bonchev–Trinajstić information content (AvgIpc) is 2.42. The molecule has 18 heavy (non-hydrogen) atoms. The number of halogens is 1. The minimum atomic E-state index is 0.624. The van der Waals surface area contributed by atoms with Gasteiger partial charge in [-0.1, -0.05) is 40.2 Å². The Kier molecular flexibility index (Phi) is 4.65. The summed E-state index contributed by atoms with van der Waals surface area (Å²) in [6, 6.07) is 15.7. The summed E-state index contributed by atoms with van der Waals surface area (Å²) in [5, 5.41) is 0.796. The Labute approximate surface area is 116 Å². The number of benzene rings is 2. The highest BCUT2D eigenvalue weighted by molar-refractivity contribution is 9.08. The maximum Gasteiger partial charge on any atom is 0.169 e. The van der Waals surface area contributed by atoms with E-state index >= 15 is 0 Å².